The molecule has 0 N–H and O–H groups in total. The van der Waals surface area contributed by atoms with Crippen LogP contribution in [0, 0.1) is 0 Å². The van der Waals surface area contributed by atoms with Crippen molar-refractivity contribution in [2.24, 2.45) is 0 Å². The van der Waals surface area contributed by atoms with Crippen LogP contribution in [0.5, 0.6) is 0 Å². The molecular weight excluding hydrogens is 393 g/mol. The molecule has 0 amide bonds. The molecule has 0 bridgehead atoms. The van der Waals surface area contributed by atoms with E-state index in [9.17, 15) is 31.1 Å². The second-order valence-electron chi connectivity index (χ2n) is 3.44. The van der Waals surface area contributed by atoms with E-state index in [-0.39, 0.29) is 11.6 Å². The zero-order valence-electron chi connectivity index (χ0n) is 8.90. The van der Waals surface area contributed by atoms with E-state index in [1.165, 1.54) is 22.6 Å². The lowest BCUT2D eigenvalue weighted by Gasteiger charge is -2.13. The van der Waals surface area contributed by atoms with E-state index in [0.29, 0.717) is 12.1 Å². The van der Waals surface area contributed by atoms with Crippen LogP contribution < -0.4 is 0 Å². The van der Waals surface area contributed by atoms with Crippen molar-refractivity contribution in [1.29, 1.82) is 0 Å². The molecule has 0 saturated carbocycles. The minimum atomic E-state index is -4.91. The fraction of sp³-hybridized carbons (Fsp3) is 0.300. The molecule has 0 radical (unpaired) electrons. The third-order valence-corrected chi connectivity index (χ3v) is 2.31. The predicted molar refractivity (Wildman–Crippen MR) is 60.7 cm³/mol. The van der Waals surface area contributed by atoms with Gasteiger partial charge in [0.25, 0.3) is 0 Å². The van der Waals surface area contributed by atoms with E-state index in [0.717, 1.165) is 0 Å². The SMILES string of the molecule is O=C(I)OCc1cc(C(F)(F)F)cc(C(F)(F)F)c1. The van der Waals surface area contributed by atoms with Gasteiger partial charge in [0.1, 0.15) is 6.61 Å². The van der Waals surface area contributed by atoms with Gasteiger partial charge in [-0.25, -0.2) is 4.79 Å². The molecule has 0 unspecified atom stereocenters. The molecular formula is C10H5F6IO2. The molecule has 0 spiro atoms. The number of carbonyl (C=O) groups is 1. The average molecular weight is 398 g/mol. The highest BCUT2D eigenvalue weighted by molar-refractivity contribution is 14.1. The molecule has 106 valence electrons. The molecule has 0 aromatic heterocycles. The summed E-state index contributed by atoms with van der Waals surface area (Å²) in [6.07, 6.45) is -9.82. The van der Waals surface area contributed by atoms with Crippen LogP contribution in [0.1, 0.15) is 16.7 Å². The van der Waals surface area contributed by atoms with Gasteiger partial charge in [-0.3, -0.25) is 0 Å². The number of rotatable bonds is 2. The number of alkyl halides is 6. The van der Waals surface area contributed by atoms with E-state index in [1.807, 2.05) is 0 Å². The third-order valence-electron chi connectivity index (χ3n) is 2.00. The fourth-order valence-corrected chi connectivity index (χ4v) is 1.40. The number of ether oxygens (including phenoxy) is 1. The van der Waals surface area contributed by atoms with E-state index >= 15 is 0 Å². The molecule has 0 saturated heterocycles. The van der Waals surface area contributed by atoms with Crippen LogP contribution in [-0.2, 0) is 23.7 Å². The molecule has 2 nitrogen and oxygen atoms in total. The van der Waals surface area contributed by atoms with E-state index < -0.39 is 34.1 Å². The van der Waals surface area contributed by atoms with Crippen LogP contribution in [0.25, 0.3) is 0 Å². The minimum absolute atomic E-state index is 0.00930. The van der Waals surface area contributed by atoms with E-state index in [2.05, 4.69) is 4.74 Å². The summed E-state index contributed by atoms with van der Waals surface area (Å²) in [4.78, 5) is 10.5. The Kier molecular flexibility index (Phi) is 4.69. The number of carbonyl (C=O) groups excluding carboxylic acids is 1. The summed E-state index contributed by atoms with van der Waals surface area (Å²) < 4.78 is 78.3. The molecule has 9 heteroatoms. The molecule has 1 aromatic carbocycles. The molecule has 0 aliphatic heterocycles. The Labute approximate surface area is 116 Å². The summed E-state index contributed by atoms with van der Waals surface area (Å²) in [7, 11) is 0. The summed E-state index contributed by atoms with van der Waals surface area (Å²) in [5, 5.41) is 0. The Hall–Kier alpha value is -1.00. The molecule has 19 heavy (non-hydrogen) atoms. The second-order valence-corrected chi connectivity index (χ2v) is 4.32. The van der Waals surface area contributed by atoms with Crippen molar-refractivity contribution < 1.29 is 35.9 Å². The van der Waals surface area contributed by atoms with Crippen molar-refractivity contribution in [3.05, 3.63) is 34.9 Å². The van der Waals surface area contributed by atoms with E-state index in [1.54, 1.807) is 0 Å². The zero-order chi connectivity index (χ0) is 14.8. The lowest BCUT2D eigenvalue weighted by atomic mass is 10.1. The van der Waals surface area contributed by atoms with Gasteiger partial charge in [-0.2, -0.15) is 26.3 Å². The van der Waals surface area contributed by atoms with Crippen molar-refractivity contribution in [1.82, 2.24) is 0 Å². The first-order chi connectivity index (χ1) is 8.50. The highest BCUT2D eigenvalue weighted by atomic mass is 127. The lowest BCUT2D eigenvalue weighted by molar-refractivity contribution is -0.143. The Morgan fingerprint density at radius 1 is 1.00 bits per heavy atom. The van der Waals surface area contributed by atoms with Crippen LogP contribution in [0.3, 0.4) is 0 Å². The van der Waals surface area contributed by atoms with Gasteiger partial charge < -0.3 is 4.74 Å². The van der Waals surface area contributed by atoms with Gasteiger partial charge in [-0.1, -0.05) is 0 Å². The van der Waals surface area contributed by atoms with Gasteiger partial charge in [0.2, 0.25) is 0 Å². The topological polar surface area (TPSA) is 26.3 Å². The number of benzene rings is 1. The average Bonchev–Trinajstić information content (AvgIpc) is 2.23. The minimum Gasteiger partial charge on any atom is -0.453 e. The summed E-state index contributed by atoms with van der Waals surface area (Å²) in [6.45, 7) is -0.658. The molecule has 1 rings (SSSR count). The third kappa shape index (κ3) is 4.88. The van der Waals surface area contributed by atoms with E-state index in [4.69, 9.17) is 0 Å². The normalized spacial score (nSPS) is 12.4. The monoisotopic (exact) mass is 398 g/mol. The van der Waals surface area contributed by atoms with Gasteiger partial charge in [0.15, 0.2) is 0 Å². The van der Waals surface area contributed by atoms with Crippen LogP contribution >= 0.6 is 22.6 Å². The van der Waals surface area contributed by atoms with Gasteiger partial charge in [-0.05, 0) is 23.8 Å². The first-order valence-corrected chi connectivity index (χ1v) is 5.68. The Morgan fingerprint density at radius 2 is 1.42 bits per heavy atom. The smallest absolute Gasteiger partial charge is 0.416 e. The summed E-state index contributed by atoms with van der Waals surface area (Å²) in [6, 6.07) is 1.03. The zero-order valence-corrected chi connectivity index (χ0v) is 11.1. The molecule has 0 aliphatic carbocycles. The second kappa shape index (κ2) is 5.55. The van der Waals surface area contributed by atoms with Crippen molar-refractivity contribution in [3.8, 4) is 0 Å². The van der Waals surface area contributed by atoms with Crippen molar-refractivity contribution in [3.63, 3.8) is 0 Å². The Balaban J connectivity index is 3.21. The van der Waals surface area contributed by atoms with Crippen LogP contribution in [0.2, 0.25) is 0 Å². The fourth-order valence-electron chi connectivity index (χ4n) is 1.24. The highest BCUT2D eigenvalue weighted by Gasteiger charge is 2.36. The summed E-state index contributed by atoms with van der Waals surface area (Å²) in [5.74, 6) is 0. The number of halogens is 7. The quantitative estimate of drug-likeness (QED) is 0.407. The van der Waals surface area contributed by atoms with Crippen molar-refractivity contribution in [2.45, 2.75) is 19.0 Å². The van der Waals surface area contributed by atoms with Gasteiger partial charge >= 0.3 is 16.3 Å². The van der Waals surface area contributed by atoms with Gasteiger partial charge in [-0.15, -0.1) is 0 Å². The molecule has 1 aromatic rings. The Morgan fingerprint density at radius 3 is 1.74 bits per heavy atom. The highest BCUT2D eigenvalue weighted by Crippen LogP contribution is 2.36. The molecule has 0 heterocycles. The standard InChI is InChI=1S/C10H5F6IO2/c11-9(12,13)6-1-5(4-19-8(17)18)2-7(3-6)10(14,15)16/h1-3H,4H2. The van der Waals surface area contributed by atoms with Crippen LogP contribution in [-0.4, -0.2) is 3.98 Å². The van der Waals surface area contributed by atoms with Crippen molar-refractivity contribution in [2.75, 3.05) is 0 Å². The lowest BCUT2D eigenvalue weighted by Crippen LogP contribution is -2.12. The first-order valence-electron chi connectivity index (χ1n) is 4.61. The number of hydrogen-bond donors (Lipinski definition) is 0. The van der Waals surface area contributed by atoms with Crippen LogP contribution in [0.15, 0.2) is 18.2 Å². The molecule has 0 fully saturated rings. The first kappa shape index (κ1) is 16.1. The maximum Gasteiger partial charge on any atom is 0.416 e. The predicted octanol–water partition coefficient (Wildman–Crippen LogP) is 4.80. The van der Waals surface area contributed by atoms with Crippen molar-refractivity contribution >= 4 is 26.6 Å². The van der Waals surface area contributed by atoms with Gasteiger partial charge in [0, 0.05) is 0 Å². The largest absolute Gasteiger partial charge is 0.453 e. The maximum absolute atomic E-state index is 12.5. The summed E-state index contributed by atoms with van der Waals surface area (Å²) >= 11 is 1.21. The maximum atomic E-state index is 12.5. The number of hydrogen-bond acceptors (Lipinski definition) is 2. The Bertz CT molecular complexity index is 448. The molecule has 0 aliphatic rings. The summed E-state index contributed by atoms with van der Waals surface area (Å²) in [5.41, 5.74) is -3.27. The van der Waals surface area contributed by atoms with Crippen LogP contribution in [0.4, 0.5) is 31.1 Å². The molecule has 0 atom stereocenters. The van der Waals surface area contributed by atoms with Gasteiger partial charge in [0.05, 0.1) is 33.7 Å².